The van der Waals surface area contributed by atoms with Gasteiger partial charge in [-0.1, -0.05) is 6.07 Å². The number of amides is 1. The first-order valence-electron chi connectivity index (χ1n) is 12.6. The molecule has 0 radical (unpaired) electrons. The zero-order valence-electron chi connectivity index (χ0n) is 21.5. The highest BCUT2D eigenvalue weighted by atomic mass is 32.2. The van der Waals surface area contributed by atoms with Crippen molar-refractivity contribution in [3.05, 3.63) is 47.7 Å². The van der Waals surface area contributed by atoms with Gasteiger partial charge in [0.15, 0.2) is 15.9 Å². The number of aryl methyl sites for hydroxylation is 1. The Morgan fingerprint density at radius 3 is 2.40 bits per heavy atom. The van der Waals surface area contributed by atoms with E-state index in [9.17, 15) is 39.6 Å². The van der Waals surface area contributed by atoms with E-state index in [1.807, 2.05) is 6.07 Å². The number of aromatic nitrogens is 1. The maximum atomic E-state index is 12.7. The molecule has 0 N–H and O–H groups in total. The lowest BCUT2D eigenvalue weighted by Gasteiger charge is -2.44. The third-order valence-electron chi connectivity index (χ3n) is 7.11. The fraction of sp³-hybridized carbons (Fsp3) is 0.538. The fourth-order valence-corrected chi connectivity index (χ4v) is 6.07. The number of sulfone groups is 1. The second kappa shape index (κ2) is 11.1. The average molecular weight is 595 g/mol. The van der Waals surface area contributed by atoms with Crippen molar-refractivity contribution in [2.45, 2.75) is 68.8 Å². The van der Waals surface area contributed by atoms with E-state index in [0.717, 1.165) is 18.1 Å². The van der Waals surface area contributed by atoms with Crippen molar-refractivity contribution in [2.24, 2.45) is 0 Å². The lowest BCUT2D eigenvalue weighted by molar-refractivity contribution is -0.200. The van der Waals surface area contributed by atoms with Crippen LogP contribution in [0.2, 0.25) is 0 Å². The first-order valence-corrected chi connectivity index (χ1v) is 14.4. The third-order valence-corrected chi connectivity index (χ3v) is 8.71. The van der Waals surface area contributed by atoms with E-state index in [0.29, 0.717) is 37.1 Å². The van der Waals surface area contributed by atoms with E-state index in [2.05, 4.69) is 9.72 Å². The summed E-state index contributed by atoms with van der Waals surface area (Å²) in [6.45, 7) is 1.20. The molecule has 1 atom stereocenters. The van der Waals surface area contributed by atoms with Crippen molar-refractivity contribution >= 4 is 15.9 Å². The number of alkyl halides is 6. The summed E-state index contributed by atoms with van der Waals surface area (Å²) in [6, 6.07) is 8.59. The van der Waals surface area contributed by atoms with Crippen LogP contribution < -0.4 is 4.74 Å². The van der Waals surface area contributed by atoms with Crippen LogP contribution >= 0.6 is 0 Å². The van der Waals surface area contributed by atoms with E-state index in [1.165, 1.54) is 17.2 Å². The molecular formula is C26H28F6N2O5S. The Morgan fingerprint density at radius 2 is 1.80 bits per heavy atom. The summed E-state index contributed by atoms with van der Waals surface area (Å²) in [5, 5.41) is 0. The number of ether oxygens (including phenoxy) is 2. The highest BCUT2D eigenvalue weighted by Crippen LogP contribution is 2.41. The van der Waals surface area contributed by atoms with Gasteiger partial charge in [-0.2, -0.15) is 26.3 Å². The van der Waals surface area contributed by atoms with Crippen molar-refractivity contribution in [3.8, 4) is 17.0 Å². The van der Waals surface area contributed by atoms with Crippen molar-refractivity contribution in [1.82, 2.24) is 9.88 Å². The number of carbonyl (C=O) groups is 1. The largest absolute Gasteiger partial charge is 0.487 e. The number of nitrogens with zero attached hydrogens (tertiary/aromatic N) is 2. The van der Waals surface area contributed by atoms with Crippen LogP contribution in [-0.4, -0.2) is 67.3 Å². The van der Waals surface area contributed by atoms with E-state index >= 15 is 0 Å². The Kier molecular flexibility index (Phi) is 8.30. The number of halogens is 6. The number of hydrogen-bond donors (Lipinski definition) is 0. The minimum absolute atomic E-state index is 0.207. The van der Waals surface area contributed by atoms with E-state index in [1.54, 1.807) is 18.2 Å². The quantitative estimate of drug-likeness (QED) is 0.390. The molecule has 14 heteroatoms. The predicted molar refractivity (Wildman–Crippen MR) is 132 cm³/mol. The number of piperidine rings is 1. The first-order chi connectivity index (χ1) is 18.5. The summed E-state index contributed by atoms with van der Waals surface area (Å²) >= 11 is 0. The highest BCUT2D eigenvalue weighted by Gasteiger charge is 2.43. The summed E-state index contributed by atoms with van der Waals surface area (Å²) in [4.78, 5) is 17.7. The summed E-state index contributed by atoms with van der Waals surface area (Å²) in [5.74, 6) is -0.860. The number of likely N-dealkylation sites (tertiary alicyclic amines) is 1. The number of benzene rings is 1. The van der Waals surface area contributed by atoms with Crippen LogP contribution in [0.25, 0.3) is 11.3 Å². The predicted octanol–water partition coefficient (Wildman–Crippen LogP) is 5.86. The molecule has 220 valence electrons. The molecule has 1 saturated heterocycles. The molecule has 2 aromatic rings. The molecule has 1 fully saturated rings. The van der Waals surface area contributed by atoms with Gasteiger partial charge in [-0.15, -0.1) is 0 Å². The van der Waals surface area contributed by atoms with Crippen LogP contribution in [0.5, 0.6) is 5.75 Å². The molecule has 1 spiro atoms. The van der Waals surface area contributed by atoms with E-state index < -0.39 is 57.9 Å². The first kappa shape index (κ1) is 29.9. The van der Waals surface area contributed by atoms with Gasteiger partial charge in [0.2, 0.25) is 0 Å². The highest BCUT2D eigenvalue weighted by molar-refractivity contribution is 7.90. The number of hydrogen-bond acceptors (Lipinski definition) is 6. The van der Waals surface area contributed by atoms with Gasteiger partial charge in [-0.05, 0) is 55.2 Å². The van der Waals surface area contributed by atoms with Crippen LogP contribution in [0, 0.1) is 0 Å². The van der Waals surface area contributed by atoms with Crippen molar-refractivity contribution in [2.75, 3.05) is 18.8 Å². The molecule has 1 unspecified atom stereocenters. The van der Waals surface area contributed by atoms with Gasteiger partial charge in [0.1, 0.15) is 11.4 Å². The molecule has 7 nitrogen and oxygen atoms in total. The van der Waals surface area contributed by atoms with Crippen LogP contribution in [0.1, 0.15) is 43.7 Å². The Hall–Kier alpha value is -3.03. The van der Waals surface area contributed by atoms with Gasteiger partial charge >= 0.3 is 18.4 Å². The third kappa shape index (κ3) is 7.58. The van der Waals surface area contributed by atoms with Crippen LogP contribution in [0.3, 0.4) is 0 Å². The minimum atomic E-state index is -4.63. The van der Waals surface area contributed by atoms with Gasteiger partial charge in [-0.3, -0.25) is 4.98 Å². The second-order valence-electron chi connectivity index (χ2n) is 10.2. The SMILES string of the molecule is CC(OC(=O)N1CCC2(CCc3cc(-c4ccc(CS(=O)(=O)CCC(F)(F)F)cn4)ccc3O2)CC1)C(F)(F)F. The molecule has 1 amide bonds. The number of fused-ring (bicyclic) bond motifs is 1. The summed E-state index contributed by atoms with van der Waals surface area (Å²) in [7, 11) is -3.94. The van der Waals surface area contributed by atoms with Gasteiger partial charge in [-0.25, -0.2) is 13.2 Å². The second-order valence-corrected chi connectivity index (χ2v) is 12.4. The zero-order chi connectivity index (χ0) is 29.3. The normalized spacial score (nSPS) is 18.1. The zero-order valence-corrected chi connectivity index (χ0v) is 22.3. The lowest BCUT2D eigenvalue weighted by Crippen LogP contribution is -2.52. The van der Waals surface area contributed by atoms with E-state index in [4.69, 9.17) is 4.74 Å². The maximum Gasteiger partial charge on any atom is 0.425 e. The van der Waals surface area contributed by atoms with Crippen molar-refractivity contribution in [3.63, 3.8) is 0 Å². The summed E-state index contributed by atoms with van der Waals surface area (Å²) < 4.78 is 110. The molecule has 0 saturated carbocycles. The molecular weight excluding hydrogens is 566 g/mol. The molecule has 0 bridgehead atoms. The summed E-state index contributed by atoms with van der Waals surface area (Å²) in [5.41, 5.74) is 1.97. The average Bonchev–Trinajstić information content (AvgIpc) is 2.87. The van der Waals surface area contributed by atoms with Crippen LogP contribution in [0.15, 0.2) is 36.5 Å². The van der Waals surface area contributed by atoms with Crippen LogP contribution in [0.4, 0.5) is 31.1 Å². The minimum Gasteiger partial charge on any atom is -0.487 e. The Balaban J connectivity index is 1.35. The summed E-state index contributed by atoms with van der Waals surface area (Å²) in [6.07, 6.45) is -10.2. The van der Waals surface area contributed by atoms with Gasteiger partial charge in [0.25, 0.3) is 0 Å². The van der Waals surface area contributed by atoms with Gasteiger partial charge in [0.05, 0.1) is 23.6 Å². The fourth-order valence-electron chi connectivity index (χ4n) is 4.70. The number of rotatable bonds is 6. The Morgan fingerprint density at radius 1 is 1.10 bits per heavy atom. The molecule has 2 aliphatic rings. The monoisotopic (exact) mass is 594 g/mol. The van der Waals surface area contributed by atoms with Crippen molar-refractivity contribution in [1.29, 1.82) is 0 Å². The topological polar surface area (TPSA) is 85.8 Å². The lowest BCUT2D eigenvalue weighted by atomic mass is 9.83. The van der Waals surface area contributed by atoms with E-state index in [-0.39, 0.29) is 18.7 Å². The molecule has 3 heterocycles. The molecule has 2 aliphatic heterocycles. The molecule has 1 aromatic carbocycles. The molecule has 40 heavy (non-hydrogen) atoms. The number of carbonyl (C=O) groups excluding carboxylic acids is 1. The van der Waals surface area contributed by atoms with Crippen molar-refractivity contribution < 1.29 is 49.0 Å². The smallest absolute Gasteiger partial charge is 0.425 e. The van der Waals surface area contributed by atoms with Gasteiger partial charge < -0.3 is 14.4 Å². The molecule has 4 rings (SSSR count). The van der Waals surface area contributed by atoms with Gasteiger partial charge in [0, 0.05) is 37.7 Å². The molecule has 0 aliphatic carbocycles. The maximum absolute atomic E-state index is 12.7. The Bertz CT molecular complexity index is 1320. The molecule has 1 aromatic heterocycles. The number of pyridine rings is 1. The van der Waals surface area contributed by atoms with Crippen LogP contribution in [-0.2, 0) is 26.7 Å². The Labute approximate surface area is 227 Å². The standard InChI is InChI=1S/C26H28F6N2O5S/c1-17(26(30,31)32)38-23(35)34-11-8-24(9-12-34)7-6-20-14-19(3-5-22(20)39-24)21-4-2-18(15-33-21)16-40(36,37)13-10-25(27,28)29/h2-5,14-15,17H,6-13,16H2,1H3.